The molecular weight excluding hydrogens is 246 g/mol. The lowest BCUT2D eigenvalue weighted by Gasteiger charge is -2.11. The molecule has 1 aromatic carbocycles. The zero-order valence-electron chi connectivity index (χ0n) is 11.4. The summed E-state index contributed by atoms with van der Waals surface area (Å²) in [5, 5.41) is 3.79. The minimum absolute atomic E-state index is 0.00545. The first-order valence-corrected chi connectivity index (χ1v) is 6.36. The number of ether oxygens (including phenoxy) is 1. The third-order valence-electron chi connectivity index (χ3n) is 2.19. The Balaban J connectivity index is 2.72. The zero-order valence-corrected chi connectivity index (χ0v) is 12.2. The molecule has 3 heteroatoms. The number of halogens is 1. The van der Waals surface area contributed by atoms with Crippen LogP contribution in [0.3, 0.4) is 0 Å². The molecule has 0 aliphatic rings. The van der Waals surface area contributed by atoms with Crippen LogP contribution in [-0.4, -0.2) is 13.7 Å². The Hall–Kier alpha value is -1.17. The summed E-state index contributed by atoms with van der Waals surface area (Å²) in [6.07, 6.45) is 0. The quantitative estimate of drug-likeness (QED) is 0.842. The highest BCUT2D eigenvalue weighted by atomic mass is 35.5. The third kappa shape index (κ3) is 5.00. The van der Waals surface area contributed by atoms with Gasteiger partial charge in [0.1, 0.15) is 12.4 Å². The van der Waals surface area contributed by atoms with Crippen molar-refractivity contribution in [1.29, 1.82) is 0 Å². The average molecular weight is 266 g/mol. The molecule has 0 saturated heterocycles. The van der Waals surface area contributed by atoms with E-state index in [9.17, 15) is 0 Å². The molecule has 0 unspecified atom stereocenters. The summed E-state index contributed by atoms with van der Waals surface area (Å²) in [5.41, 5.74) is 0.977. The summed E-state index contributed by atoms with van der Waals surface area (Å²) < 4.78 is 5.67. The maximum absolute atomic E-state index is 6.14. The fourth-order valence-electron chi connectivity index (χ4n) is 1.44. The minimum Gasteiger partial charge on any atom is -0.481 e. The van der Waals surface area contributed by atoms with Gasteiger partial charge >= 0.3 is 0 Å². The van der Waals surface area contributed by atoms with Crippen LogP contribution in [-0.2, 0) is 6.54 Å². The molecule has 1 aromatic rings. The van der Waals surface area contributed by atoms with Crippen LogP contribution >= 0.6 is 11.6 Å². The van der Waals surface area contributed by atoms with Crippen LogP contribution in [0.15, 0.2) is 18.2 Å². The van der Waals surface area contributed by atoms with Gasteiger partial charge in [-0.25, -0.2) is 0 Å². The van der Waals surface area contributed by atoms with Gasteiger partial charge in [-0.2, -0.15) is 0 Å². The molecule has 0 fully saturated rings. The summed E-state index contributed by atoms with van der Waals surface area (Å²) in [6, 6.07) is 5.66. The first-order chi connectivity index (χ1) is 8.44. The second-order valence-electron chi connectivity index (χ2n) is 5.09. The van der Waals surface area contributed by atoms with Crippen LogP contribution < -0.4 is 10.1 Å². The molecule has 0 saturated carbocycles. The van der Waals surface area contributed by atoms with E-state index in [1.165, 1.54) is 0 Å². The van der Waals surface area contributed by atoms with Gasteiger partial charge in [-0.15, -0.1) is 0 Å². The highest BCUT2D eigenvalue weighted by Gasteiger charge is 2.07. The van der Waals surface area contributed by atoms with Gasteiger partial charge < -0.3 is 10.1 Å². The maximum Gasteiger partial charge on any atom is 0.149 e. The molecule has 0 radical (unpaired) electrons. The van der Waals surface area contributed by atoms with Crippen molar-refractivity contribution >= 4 is 11.6 Å². The standard InChI is InChI=1S/C15H20ClNO/c1-15(2,3)9-6-10-18-14-8-5-7-13(16)12(14)11-17-4/h5,7-8,17H,10-11H2,1-4H3. The van der Waals surface area contributed by atoms with E-state index < -0.39 is 0 Å². The minimum atomic E-state index is 0.00545. The fourth-order valence-corrected chi connectivity index (χ4v) is 1.67. The van der Waals surface area contributed by atoms with E-state index in [2.05, 4.69) is 37.9 Å². The Morgan fingerprint density at radius 1 is 1.33 bits per heavy atom. The second-order valence-corrected chi connectivity index (χ2v) is 5.49. The van der Waals surface area contributed by atoms with E-state index in [0.717, 1.165) is 11.3 Å². The van der Waals surface area contributed by atoms with Gasteiger partial charge in [-0.1, -0.05) is 29.5 Å². The molecule has 0 amide bonds. The van der Waals surface area contributed by atoms with Gasteiger partial charge in [0.05, 0.1) is 0 Å². The van der Waals surface area contributed by atoms with Crippen molar-refractivity contribution in [1.82, 2.24) is 5.32 Å². The van der Waals surface area contributed by atoms with Gasteiger partial charge in [-0.05, 0) is 40.0 Å². The number of hydrogen-bond donors (Lipinski definition) is 1. The number of benzene rings is 1. The van der Waals surface area contributed by atoms with Gasteiger partial charge in [0.25, 0.3) is 0 Å². The van der Waals surface area contributed by atoms with E-state index >= 15 is 0 Å². The smallest absolute Gasteiger partial charge is 0.149 e. The summed E-state index contributed by atoms with van der Waals surface area (Å²) in [4.78, 5) is 0. The molecule has 0 atom stereocenters. The molecule has 2 nitrogen and oxygen atoms in total. The Labute approximate surface area is 115 Å². The van der Waals surface area contributed by atoms with E-state index in [1.807, 2.05) is 25.2 Å². The van der Waals surface area contributed by atoms with Gasteiger partial charge in [0.2, 0.25) is 0 Å². The lowest BCUT2D eigenvalue weighted by molar-refractivity contribution is 0.364. The molecule has 0 spiro atoms. The summed E-state index contributed by atoms with van der Waals surface area (Å²) in [6.45, 7) is 7.29. The van der Waals surface area contributed by atoms with Gasteiger partial charge in [0, 0.05) is 22.5 Å². The Morgan fingerprint density at radius 2 is 2.06 bits per heavy atom. The molecule has 0 aromatic heterocycles. The third-order valence-corrected chi connectivity index (χ3v) is 2.55. The highest BCUT2D eigenvalue weighted by Crippen LogP contribution is 2.26. The first-order valence-electron chi connectivity index (χ1n) is 5.99. The zero-order chi connectivity index (χ0) is 13.6. The molecule has 0 aliphatic heterocycles. The number of rotatable bonds is 4. The normalized spacial score (nSPS) is 10.7. The van der Waals surface area contributed by atoms with E-state index in [-0.39, 0.29) is 5.41 Å². The van der Waals surface area contributed by atoms with Crippen molar-refractivity contribution in [2.75, 3.05) is 13.7 Å². The monoisotopic (exact) mass is 265 g/mol. The van der Waals surface area contributed by atoms with Crippen molar-refractivity contribution in [3.63, 3.8) is 0 Å². The maximum atomic E-state index is 6.14. The van der Waals surface area contributed by atoms with Crippen molar-refractivity contribution in [3.05, 3.63) is 28.8 Å². The first kappa shape index (κ1) is 14.9. The number of nitrogens with one attached hydrogen (secondary N) is 1. The predicted octanol–water partition coefficient (Wildman–Crippen LogP) is 3.49. The van der Waals surface area contributed by atoms with E-state index in [0.29, 0.717) is 18.2 Å². The van der Waals surface area contributed by atoms with Crippen molar-refractivity contribution in [2.24, 2.45) is 5.41 Å². The molecule has 1 rings (SSSR count). The predicted molar refractivity (Wildman–Crippen MR) is 76.9 cm³/mol. The van der Waals surface area contributed by atoms with Crippen LogP contribution in [0.5, 0.6) is 5.75 Å². The SMILES string of the molecule is CNCc1c(Cl)cccc1OCC#CC(C)(C)C. The molecular formula is C15H20ClNO. The number of hydrogen-bond acceptors (Lipinski definition) is 2. The molecule has 0 heterocycles. The Bertz CT molecular complexity index is 452. The summed E-state index contributed by atoms with van der Waals surface area (Å²) >= 11 is 6.14. The molecule has 18 heavy (non-hydrogen) atoms. The second kappa shape index (κ2) is 6.68. The van der Waals surface area contributed by atoms with Gasteiger partial charge in [0.15, 0.2) is 0 Å². The highest BCUT2D eigenvalue weighted by molar-refractivity contribution is 6.31. The molecule has 0 aliphatic carbocycles. The topological polar surface area (TPSA) is 21.3 Å². The Morgan fingerprint density at radius 3 is 2.67 bits per heavy atom. The van der Waals surface area contributed by atoms with Crippen LogP contribution in [0.2, 0.25) is 5.02 Å². The van der Waals surface area contributed by atoms with Crippen molar-refractivity contribution < 1.29 is 4.74 Å². The van der Waals surface area contributed by atoms with Crippen LogP contribution in [0.25, 0.3) is 0 Å². The fraction of sp³-hybridized carbons (Fsp3) is 0.467. The van der Waals surface area contributed by atoms with E-state index in [1.54, 1.807) is 0 Å². The van der Waals surface area contributed by atoms with Crippen LogP contribution in [0.1, 0.15) is 26.3 Å². The van der Waals surface area contributed by atoms with Gasteiger partial charge in [-0.3, -0.25) is 0 Å². The molecule has 1 N–H and O–H groups in total. The van der Waals surface area contributed by atoms with Crippen molar-refractivity contribution in [2.45, 2.75) is 27.3 Å². The largest absolute Gasteiger partial charge is 0.481 e. The Kier molecular flexibility index (Phi) is 5.53. The van der Waals surface area contributed by atoms with Crippen molar-refractivity contribution in [3.8, 4) is 17.6 Å². The lowest BCUT2D eigenvalue weighted by atomic mass is 9.98. The molecule has 0 bridgehead atoms. The molecule has 98 valence electrons. The lowest BCUT2D eigenvalue weighted by Crippen LogP contribution is -2.08. The summed E-state index contributed by atoms with van der Waals surface area (Å²) in [5.74, 6) is 6.95. The van der Waals surface area contributed by atoms with Crippen LogP contribution in [0.4, 0.5) is 0 Å². The average Bonchev–Trinajstić information content (AvgIpc) is 2.27. The summed E-state index contributed by atoms with van der Waals surface area (Å²) in [7, 11) is 1.88. The van der Waals surface area contributed by atoms with E-state index in [4.69, 9.17) is 16.3 Å². The van der Waals surface area contributed by atoms with Crippen LogP contribution in [0, 0.1) is 17.3 Å².